The maximum absolute atomic E-state index is 12.2. The summed E-state index contributed by atoms with van der Waals surface area (Å²) in [6.07, 6.45) is -1.60. The molecule has 0 spiro atoms. The first-order chi connectivity index (χ1) is 6.54. The van der Waals surface area contributed by atoms with E-state index in [4.69, 9.17) is 0 Å². The quantitative estimate of drug-likeness (QED) is 0.664. The summed E-state index contributed by atoms with van der Waals surface area (Å²) < 4.78 is 107. The second kappa shape index (κ2) is 3.93. The Morgan fingerprint density at radius 1 is 1.00 bits per heavy atom. The van der Waals surface area contributed by atoms with Crippen molar-refractivity contribution in [1.82, 2.24) is 0 Å². The van der Waals surface area contributed by atoms with E-state index in [1.54, 1.807) is 0 Å². The molecule has 0 radical (unpaired) electrons. The molecule has 0 bridgehead atoms. The van der Waals surface area contributed by atoms with Crippen LogP contribution in [-0.4, -0.2) is 24.4 Å². The Morgan fingerprint density at radius 2 is 1.40 bits per heavy atom. The number of allylic oxidation sites excluding steroid dienone is 1. The number of hydrogen-bond acceptors (Lipinski definition) is 0. The molecule has 15 heavy (non-hydrogen) atoms. The summed E-state index contributed by atoms with van der Waals surface area (Å²) in [6, 6.07) is 0. The van der Waals surface area contributed by atoms with Gasteiger partial charge in [-0.1, -0.05) is 0 Å². The van der Waals surface area contributed by atoms with Crippen molar-refractivity contribution in [3.05, 3.63) is 12.2 Å². The minimum atomic E-state index is -6.36. The Kier molecular flexibility index (Phi) is 3.70. The van der Waals surface area contributed by atoms with E-state index in [-0.39, 0.29) is 0 Å². The number of halogens is 9. The highest BCUT2D eigenvalue weighted by Crippen LogP contribution is 2.49. The summed E-state index contributed by atoms with van der Waals surface area (Å²) in [7, 11) is 0. The highest BCUT2D eigenvalue weighted by molar-refractivity contribution is 5.12. The Morgan fingerprint density at radius 3 is 1.67 bits per heavy atom. The van der Waals surface area contributed by atoms with Gasteiger partial charge in [0.1, 0.15) is 6.33 Å². The molecule has 0 nitrogen and oxygen atoms in total. The maximum Gasteiger partial charge on any atom is 0.381 e. The van der Waals surface area contributed by atoms with Crippen molar-refractivity contribution in [3.63, 3.8) is 0 Å². The average Bonchev–Trinajstić information content (AvgIpc) is 2.15. The monoisotopic (exact) mass is 246 g/mol. The van der Waals surface area contributed by atoms with E-state index < -0.39 is 36.6 Å². The Balaban J connectivity index is 5.37. The lowest BCUT2D eigenvalue weighted by atomic mass is 10.0. The van der Waals surface area contributed by atoms with E-state index in [1.807, 2.05) is 0 Å². The predicted molar refractivity (Wildman–Crippen MR) is 31.1 cm³/mol. The fourth-order valence-corrected chi connectivity index (χ4v) is 0.532. The first-order valence-corrected chi connectivity index (χ1v) is 3.20. The lowest BCUT2D eigenvalue weighted by Crippen LogP contribution is -2.55. The van der Waals surface area contributed by atoms with Crippen LogP contribution in [0.15, 0.2) is 12.2 Å². The van der Waals surface area contributed by atoms with Gasteiger partial charge in [-0.2, -0.15) is 26.3 Å². The molecule has 0 rings (SSSR count). The molecular formula is C6H3F9. The normalized spacial score (nSPS) is 15.7. The molecule has 0 aliphatic heterocycles. The van der Waals surface area contributed by atoms with Crippen molar-refractivity contribution in [2.45, 2.75) is 17.8 Å². The molecule has 0 saturated carbocycles. The van der Waals surface area contributed by atoms with Gasteiger partial charge >= 0.3 is 17.8 Å². The number of rotatable bonds is 4. The molecule has 0 aromatic heterocycles. The summed E-state index contributed by atoms with van der Waals surface area (Å²) in [5.74, 6) is -21.7. The molecule has 0 unspecified atom stereocenters. The van der Waals surface area contributed by atoms with Crippen LogP contribution in [0.5, 0.6) is 0 Å². The van der Waals surface area contributed by atoms with Crippen molar-refractivity contribution in [2.24, 2.45) is 0 Å². The second-order valence-electron chi connectivity index (χ2n) is 2.44. The van der Waals surface area contributed by atoms with E-state index in [0.29, 0.717) is 0 Å². The zero-order valence-electron chi connectivity index (χ0n) is 6.69. The van der Waals surface area contributed by atoms with Gasteiger partial charge in [-0.25, -0.2) is 13.2 Å². The van der Waals surface area contributed by atoms with Crippen LogP contribution in [0, 0.1) is 0 Å². The van der Waals surface area contributed by atoms with E-state index >= 15 is 0 Å². The number of hydrogen-bond donors (Lipinski definition) is 0. The topological polar surface area (TPSA) is 0 Å². The third-order valence-corrected chi connectivity index (χ3v) is 1.42. The van der Waals surface area contributed by atoms with Gasteiger partial charge in [-0.05, 0) is 0 Å². The molecule has 0 aliphatic rings. The summed E-state index contributed by atoms with van der Waals surface area (Å²) in [6.45, 7) is -3.13. The molecule has 0 aromatic carbocycles. The van der Waals surface area contributed by atoms with E-state index in [1.165, 1.54) is 0 Å². The van der Waals surface area contributed by atoms with Crippen molar-refractivity contribution in [1.29, 1.82) is 0 Å². The van der Waals surface area contributed by atoms with E-state index in [9.17, 15) is 39.5 Å². The molecule has 0 aromatic rings. The zero-order valence-corrected chi connectivity index (χ0v) is 6.69. The van der Waals surface area contributed by atoms with Crippen LogP contribution >= 0.6 is 0 Å². The van der Waals surface area contributed by atoms with Crippen LogP contribution < -0.4 is 0 Å². The van der Waals surface area contributed by atoms with Gasteiger partial charge in [0.05, 0.1) is 0 Å². The second-order valence-corrected chi connectivity index (χ2v) is 2.44. The highest BCUT2D eigenvalue weighted by atomic mass is 19.4. The summed E-state index contributed by atoms with van der Waals surface area (Å²) in [5.41, 5.74) is 0. The smallest absolute Gasteiger partial charge is 0.244 e. The molecule has 0 saturated heterocycles. The molecular weight excluding hydrogens is 243 g/mol. The van der Waals surface area contributed by atoms with Crippen LogP contribution in [0.25, 0.3) is 0 Å². The van der Waals surface area contributed by atoms with Crippen LogP contribution in [0.2, 0.25) is 0 Å². The van der Waals surface area contributed by atoms with E-state index in [0.717, 1.165) is 0 Å². The third kappa shape index (κ3) is 2.05. The fraction of sp³-hybridized carbons (Fsp3) is 0.667. The Bertz CT molecular complexity index is 253. The molecule has 90 valence electrons. The molecule has 0 aliphatic carbocycles. The van der Waals surface area contributed by atoms with Gasteiger partial charge < -0.3 is 0 Å². The fourth-order valence-electron chi connectivity index (χ4n) is 0.532. The summed E-state index contributed by atoms with van der Waals surface area (Å²) in [5, 5.41) is 0. The van der Waals surface area contributed by atoms with Crippen molar-refractivity contribution < 1.29 is 39.5 Å². The summed E-state index contributed by atoms with van der Waals surface area (Å²) >= 11 is 0. The van der Waals surface area contributed by atoms with Gasteiger partial charge in [0.15, 0.2) is 6.67 Å². The van der Waals surface area contributed by atoms with Crippen LogP contribution in [0.1, 0.15) is 0 Å². The molecule has 0 heterocycles. The van der Waals surface area contributed by atoms with Gasteiger partial charge in [0.25, 0.3) is 0 Å². The standard InChI is InChI=1S/C6H3F9/c7-1-3(9)5(12,13)6(14,15)4(10,11)2-8/h1H,2H2/b3-1+. The van der Waals surface area contributed by atoms with Crippen LogP contribution in [-0.2, 0) is 0 Å². The molecule has 9 heteroatoms. The first-order valence-electron chi connectivity index (χ1n) is 3.20. The van der Waals surface area contributed by atoms with Crippen LogP contribution in [0.3, 0.4) is 0 Å². The van der Waals surface area contributed by atoms with Crippen molar-refractivity contribution >= 4 is 0 Å². The average molecular weight is 246 g/mol. The Hall–Kier alpha value is -0.890. The Labute approximate surface area is 77.4 Å². The largest absolute Gasteiger partial charge is 0.381 e. The van der Waals surface area contributed by atoms with Gasteiger partial charge in [0.2, 0.25) is 5.83 Å². The predicted octanol–water partition coefficient (Wildman–Crippen LogP) is 3.64. The van der Waals surface area contributed by atoms with Gasteiger partial charge in [-0.3, -0.25) is 0 Å². The zero-order chi connectivity index (χ0) is 12.5. The third-order valence-electron chi connectivity index (χ3n) is 1.42. The molecule has 0 amide bonds. The SMILES string of the molecule is F/C=C(/F)C(F)(F)C(F)(F)C(F)(F)CF. The van der Waals surface area contributed by atoms with E-state index in [2.05, 4.69) is 0 Å². The molecule has 0 atom stereocenters. The minimum Gasteiger partial charge on any atom is -0.244 e. The van der Waals surface area contributed by atoms with Gasteiger partial charge in [0, 0.05) is 0 Å². The minimum absolute atomic E-state index is 1.60. The molecule has 0 N–H and O–H groups in total. The molecule has 0 fully saturated rings. The first kappa shape index (κ1) is 14.1. The lowest BCUT2D eigenvalue weighted by Gasteiger charge is -2.29. The summed E-state index contributed by atoms with van der Waals surface area (Å²) in [4.78, 5) is 0. The van der Waals surface area contributed by atoms with Gasteiger partial charge in [-0.15, -0.1) is 0 Å². The lowest BCUT2D eigenvalue weighted by molar-refractivity contribution is -0.303. The van der Waals surface area contributed by atoms with Crippen molar-refractivity contribution in [2.75, 3.05) is 6.67 Å². The highest BCUT2D eigenvalue weighted by Gasteiger charge is 2.73. The maximum atomic E-state index is 12.2. The number of alkyl halides is 7. The van der Waals surface area contributed by atoms with Crippen LogP contribution in [0.4, 0.5) is 39.5 Å². The van der Waals surface area contributed by atoms with Crippen molar-refractivity contribution in [3.8, 4) is 0 Å².